The van der Waals surface area contributed by atoms with Gasteiger partial charge in [0, 0.05) is 11.0 Å². The number of benzene rings is 1. The molecular formula is C10H5ClN4O2. The Balaban J connectivity index is 2.77. The summed E-state index contributed by atoms with van der Waals surface area (Å²) in [4.78, 5) is 28.1. The predicted octanol–water partition coefficient (Wildman–Crippen LogP) is 2.63. The summed E-state index contributed by atoms with van der Waals surface area (Å²) < 4.78 is 0. The molecule has 0 saturated heterocycles. The van der Waals surface area contributed by atoms with Crippen molar-refractivity contribution in [3.63, 3.8) is 0 Å². The van der Waals surface area contributed by atoms with Gasteiger partial charge in [-0.1, -0.05) is 17.7 Å². The number of hydrogen-bond donors (Lipinski definition) is 1. The van der Waals surface area contributed by atoms with E-state index in [1.165, 1.54) is 0 Å². The van der Waals surface area contributed by atoms with Gasteiger partial charge in [0.1, 0.15) is 0 Å². The second-order valence-electron chi connectivity index (χ2n) is 3.20. The van der Waals surface area contributed by atoms with Gasteiger partial charge >= 0.3 is 0 Å². The average molecular weight is 249 g/mol. The summed E-state index contributed by atoms with van der Waals surface area (Å²) in [6.07, 6.45) is 0. The maximum Gasteiger partial charge on any atom is 0.265 e. The lowest BCUT2D eigenvalue weighted by Crippen LogP contribution is -2.08. The zero-order chi connectivity index (χ0) is 12.4. The maximum absolute atomic E-state index is 11.7. The molecule has 2 rings (SSSR count). The Kier molecular flexibility index (Phi) is 2.82. The molecule has 1 amide bonds. The molecule has 0 saturated carbocycles. The van der Waals surface area contributed by atoms with E-state index in [2.05, 4.69) is 15.0 Å². The molecule has 1 aromatic heterocycles. The van der Waals surface area contributed by atoms with Crippen molar-refractivity contribution in [1.29, 1.82) is 0 Å². The van der Waals surface area contributed by atoms with Crippen LogP contribution in [0.25, 0.3) is 21.3 Å². The molecule has 1 aromatic carbocycles. The molecule has 1 heterocycles. The number of amides is 1. The summed E-state index contributed by atoms with van der Waals surface area (Å²) in [7, 11) is 0. The molecule has 0 bridgehead atoms. The molecule has 0 atom stereocenters. The molecule has 7 heteroatoms. The van der Waals surface area contributed by atoms with Gasteiger partial charge in [0.15, 0.2) is 5.43 Å². The Labute approximate surface area is 99.5 Å². The second kappa shape index (κ2) is 4.29. The van der Waals surface area contributed by atoms with Crippen LogP contribution in [0.3, 0.4) is 0 Å². The lowest BCUT2D eigenvalue weighted by atomic mass is 10.2. The number of fused-ring (bicyclic) bond motifs is 1. The van der Waals surface area contributed by atoms with E-state index in [0.717, 1.165) is 6.07 Å². The Morgan fingerprint density at radius 2 is 2.24 bits per heavy atom. The van der Waals surface area contributed by atoms with Crippen molar-refractivity contribution < 1.29 is 4.79 Å². The van der Waals surface area contributed by atoms with Crippen molar-refractivity contribution >= 4 is 28.4 Å². The molecule has 0 spiro atoms. The van der Waals surface area contributed by atoms with Gasteiger partial charge in [-0.15, -0.1) is 0 Å². The van der Waals surface area contributed by atoms with E-state index in [1.807, 2.05) is 0 Å². The molecular weight excluding hydrogens is 244 g/mol. The topological polar surface area (TPSA) is 98.7 Å². The molecule has 17 heavy (non-hydrogen) atoms. The first-order valence-electron chi connectivity index (χ1n) is 4.54. The van der Waals surface area contributed by atoms with Crippen molar-refractivity contribution in [2.24, 2.45) is 5.11 Å². The minimum atomic E-state index is -0.841. The van der Waals surface area contributed by atoms with Crippen LogP contribution in [0.5, 0.6) is 0 Å². The number of aromatic nitrogens is 1. The van der Waals surface area contributed by atoms with Gasteiger partial charge in [0.2, 0.25) is 0 Å². The van der Waals surface area contributed by atoms with E-state index >= 15 is 0 Å². The molecule has 6 nitrogen and oxygen atoms in total. The van der Waals surface area contributed by atoms with Gasteiger partial charge in [0.25, 0.3) is 5.91 Å². The van der Waals surface area contributed by atoms with E-state index in [-0.39, 0.29) is 5.69 Å². The van der Waals surface area contributed by atoms with Crippen LogP contribution < -0.4 is 5.43 Å². The number of nitrogens with one attached hydrogen (secondary N) is 1. The monoisotopic (exact) mass is 248 g/mol. The number of hydrogen-bond acceptors (Lipinski definition) is 2. The van der Waals surface area contributed by atoms with Gasteiger partial charge in [-0.2, -0.15) is 0 Å². The maximum atomic E-state index is 11.7. The number of halogens is 1. The number of aromatic amines is 1. The first-order valence-corrected chi connectivity index (χ1v) is 4.92. The zero-order valence-electron chi connectivity index (χ0n) is 8.35. The quantitative estimate of drug-likeness (QED) is 0.477. The van der Waals surface area contributed by atoms with Crippen LogP contribution in [0.15, 0.2) is 34.2 Å². The fourth-order valence-corrected chi connectivity index (χ4v) is 1.74. The summed E-state index contributed by atoms with van der Waals surface area (Å²) in [6, 6.07) is 5.89. The first-order chi connectivity index (χ1) is 8.13. The minimum Gasteiger partial charge on any atom is -0.352 e. The summed E-state index contributed by atoms with van der Waals surface area (Å²) >= 11 is 5.87. The van der Waals surface area contributed by atoms with Gasteiger partial charge in [-0.05, 0) is 22.8 Å². The second-order valence-corrected chi connectivity index (χ2v) is 3.61. The van der Waals surface area contributed by atoms with E-state index in [1.54, 1.807) is 18.2 Å². The highest BCUT2D eigenvalue weighted by atomic mass is 35.5. The lowest BCUT2D eigenvalue weighted by Gasteiger charge is -2.01. The highest BCUT2D eigenvalue weighted by Gasteiger charge is 2.09. The lowest BCUT2D eigenvalue weighted by molar-refractivity contribution is 0.0996. The highest BCUT2D eigenvalue weighted by molar-refractivity contribution is 6.35. The van der Waals surface area contributed by atoms with Crippen LogP contribution >= 0.6 is 11.6 Å². The Morgan fingerprint density at radius 3 is 2.94 bits per heavy atom. The van der Waals surface area contributed by atoms with E-state index in [0.29, 0.717) is 15.9 Å². The number of pyridine rings is 1. The van der Waals surface area contributed by atoms with Gasteiger partial charge < -0.3 is 4.98 Å². The molecule has 84 valence electrons. The smallest absolute Gasteiger partial charge is 0.265 e. The molecule has 0 unspecified atom stereocenters. The summed E-state index contributed by atoms with van der Waals surface area (Å²) in [5.41, 5.74) is 8.10. The van der Waals surface area contributed by atoms with Crippen molar-refractivity contribution in [2.75, 3.05) is 0 Å². The fourth-order valence-electron chi connectivity index (χ4n) is 1.47. The normalized spacial score (nSPS) is 9.94. The van der Waals surface area contributed by atoms with Gasteiger partial charge in [-0.3, -0.25) is 9.59 Å². The van der Waals surface area contributed by atoms with Crippen LogP contribution in [0.4, 0.5) is 0 Å². The summed E-state index contributed by atoms with van der Waals surface area (Å²) in [5.74, 6) is -0.841. The number of azide groups is 1. The van der Waals surface area contributed by atoms with Gasteiger partial charge in [-0.25, -0.2) is 0 Å². The molecule has 0 aliphatic rings. The molecule has 0 aliphatic carbocycles. The molecule has 2 aromatic rings. The van der Waals surface area contributed by atoms with Crippen LogP contribution in [-0.4, -0.2) is 10.9 Å². The first kappa shape index (κ1) is 11.2. The van der Waals surface area contributed by atoms with Crippen molar-refractivity contribution in [3.05, 3.63) is 55.6 Å². The third kappa shape index (κ3) is 1.99. The number of nitrogens with zero attached hydrogens (tertiary/aromatic N) is 3. The van der Waals surface area contributed by atoms with E-state index < -0.39 is 11.3 Å². The van der Waals surface area contributed by atoms with Crippen LogP contribution in [0, 0.1) is 0 Å². The molecule has 0 fully saturated rings. The molecule has 1 N–H and O–H groups in total. The number of rotatable bonds is 1. The number of carbonyl (C=O) groups excluding carboxylic acids is 1. The summed E-state index contributed by atoms with van der Waals surface area (Å²) in [6.45, 7) is 0. The van der Waals surface area contributed by atoms with Crippen molar-refractivity contribution in [3.8, 4) is 0 Å². The molecule has 0 aliphatic heterocycles. The van der Waals surface area contributed by atoms with Crippen molar-refractivity contribution in [1.82, 2.24) is 4.98 Å². The standard InChI is InChI=1S/C10H5ClN4O2/c11-5-2-1-3-6-9(5)8(16)4-7(13-6)10(17)14-15-12/h1-4H,(H,13,16). The number of carbonyl (C=O) groups is 1. The third-order valence-corrected chi connectivity index (χ3v) is 2.49. The highest BCUT2D eigenvalue weighted by Crippen LogP contribution is 2.18. The molecule has 0 radical (unpaired) electrons. The van der Waals surface area contributed by atoms with Crippen LogP contribution in [0.2, 0.25) is 5.02 Å². The van der Waals surface area contributed by atoms with E-state index in [4.69, 9.17) is 17.1 Å². The SMILES string of the molecule is [N-]=[N+]=NC(=O)c1cc(=O)c2c(Cl)cccc2[nH]1. The Bertz CT molecular complexity index is 716. The largest absolute Gasteiger partial charge is 0.352 e. The Morgan fingerprint density at radius 1 is 1.47 bits per heavy atom. The zero-order valence-corrected chi connectivity index (χ0v) is 9.10. The van der Waals surface area contributed by atoms with Gasteiger partial charge in [0.05, 0.1) is 21.6 Å². The van der Waals surface area contributed by atoms with E-state index in [9.17, 15) is 9.59 Å². The summed E-state index contributed by atoms with van der Waals surface area (Å²) in [5, 5.41) is 3.50. The van der Waals surface area contributed by atoms with Crippen LogP contribution in [-0.2, 0) is 0 Å². The fraction of sp³-hybridized carbons (Fsp3) is 0. The average Bonchev–Trinajstić information content (AvgIpc) is 2.29. The number of H-pyrrole nitrogens is 1. The van der Waals surface area contributed by atoms with Crippen molar-refractivity contribution in [2.45, 2.75) is 0 Å². The Hall–Kier alpha value is -2.30. The van der Waals surface area contributed by atoms with Crippen LogP contribution in [0.1, 0.15) is 10.5 Å². The minimum absolute atomic E-state index is 0.0671. The third-order valence-electron chi connectivity index (χ3n) is 2.17. The predicted molar refractivity (Wildman–Crippen MR) is 63.1 cm³/mol.